The summed E-state index contributed by atoms with van der Waals surface area (Å²) in [5, 5.41) is -1.10. The van der Waals surface area contributed by atoms with Crippen molar-refractivity contribution in [1.29, 1.82) is 0 Å². The van der Waals surface area contributed by atoms with Gasteiger partial charge in [0.2, 0.25) is 11.8 Å². The van der Waals surface area contributed by atoms with Crippen LogP contribution in [-0.4, -0.2) is 100.0 Å². The largest absolute Gasteiger partial charge is 0.494 e. The van der Waals surface area contributed by atoms with E-state index in [1.165, 1.54) is 33.3 Å². The molecule has 0 amide bonds. The number of likely N-dealkylation sites (tertiary alicyclic amines) is 1. The molecule has 14 nitrogen and oxygen atoms in total. The number of methoxy groups -OCH3 is 4. The highest BCUT2D eigenvalue weighted by atomic mass is 32.2. The number of nitrogens with two attached hydrogens (primary N) is 1. The van der Waals surface area contributed by atoms with Crippen LogP contribution < -0.4 is 24.8 Å². The number of aryl methyl sites for hydroxylation is 1. The maximum absolute atomic E-state index is 14.1. The van der Waals surface area contributed by atoms with E-state index in [2.05, 4.69) is 24.3 Å². The van der Waals surface area contributed by atoms with Crippen LogP contribution in [0.5, 0.6) is 17.4 Å². The number of sulfonamides is 1. The number of hydrogen-bond acceptors (Lipinski definition) is 11. The third-order valence-corrected chi connectivity index (χ3v) is 8.88. The Morgan fingerprint density at radius 3 is 2.18 bits per heavy atom. The van der Waals surface area contributed by atoms with Gasteiger partial charge in [0.25, 0.3) is 10.0 Å². The third-order valence-electron chi connectivity index (χ3n) is 7.24. The fourth-order valence-electron chi connectivity index (χ4n) is 4.85. The molecule has 3 aromatic rings. The Morgan fingerprint density at radius 2 is 1.64 bits per heavy atom. The molecule has 0 saturated carbocycles. The fraction of sp³-hybridized carbons (Fsp3) is 0.414. The van der Waals surface area contributed by atoms with Crippen molar-refractivity contribution in [2.45, 2.75) is 31.2 Å². The van der Waals surface area contributed by atoms with E-state index in [9.17, 15) is 8.42 Å². The first-order valence-corrected chi connectivity index (χ1v) is 15.2. The lowest BCUT2D eigenvalue weighted by atomic mass is 10.0. The summed E-state index contributed by atoms with van der Waals surface area (Å²) in [6, 6.07) is 9.46. The van der Waals surface area contributed by atoms with E-state index in [1.54, 1.807) is 62.8 Å². The van der Waals surface area contributed by atoms with Crippen LogP contribution in [0.2, 0.25) is 0 Å². The van der Waals surface area contributed by atoms with Gasteiger partial charge in [-0.3, -0.25) is 14.8 Å². The summed E-state index contributed by atoms with van der Waals surface area (Å²) in [4.78, 5) is 21.1. The number of amidine groups is 1. The van der Waals surface area contributed by atoms with Gasteiger partial charge in [-0.05, 0) is 37.6 Å². The number of nitrogens with zero attached hydrogens (tertiary/aromatic N) is 7. The Hall–Kier alpha value is -4.34. The quantitative estimate of drug-likeness (QED) is 0.244. The predicted octanol–water partition coefficient (Wildman–Crippen LogP) is 2.19. The van der Waals surface area contributed by atoms with Crippen LogP contribution in [-0.2, 0) is 14.8 Å². The maximum atomic E-state index is 14.1. The number of pyridine rings is 1. The molecule has 0 unspecified atom stereocenters. The van der Waals surface area contributed by atoms with Gasteiger partial charge in [0.05, 0.1) is 33.5 Å². The molecule has 2 aromatic heterocycles. The lowest BCUT2D eigenvalue weighted by Crippen LogP contribution is -2.56. The van der Waals surface area contributed by atoms with Gasteiger partial charge in [0, 0.05) is 45.7 Å². The molecular weight excluding hydrogens is 588 g/mol. The fourth-order valence-corrected chi connectivity index (χ4v) is 5.98. The maximum Gasteiger partial charge on any atom is 0.261 e. The Morgan fingerprint density at radius 1 is 1.02 bits per heavy atom. The summed E-state index contributed by atoms with van der Waals surface area (Å²) in [6.45, 7) is 4.44. The summed E-state index contributed by atoms with van der Waals surface area (Å²) in [5.41, 5.74) is 8.07. The summed E-state index contributed by atoms with van der Waals surface area (Å²) in [5.74, 6) is 1.08. The number of para-hydroxylation sites is 1. The minimum Gasteiger partial charge on any atom is -0.494 e. The van der Waals surface area contributed by atoms with Crippen LogP contribution in [0.3, 0.4) is 0 Å². The summed E-state index contributed by atoms with van der Waals surface area (Å²) >= 11 is 0. The number of guanidine groups is 1. The number of anilines is 1. The van der Waals surface area contributed by atoms with Gasteiger partial charge in [-0.2, -0.15) is 0 Å². The first-order valence-electron chi connectivity index (χ1n) is 13.7. The SMILES string of the molecule is CN=C(c1cccc(OC)n1)N(C(N)=NS(=O)(=O)[C@H](C)[C@H](c1ncc(C)cn1)N1CC(OC)C1)c1c(OC)cccc1OC. The van der Waals surface area contributed by atoms with Gasteiger partial charge in [-0.1, -0.05) is 12.1 Å². The number of ether oxygens (including phenoxy) is 4. The number of benzene rings is 1. The van der Waals surface area contributed by atoms with Gasteiger partial charge >= 0.3 is 0 Å². The molecule has 236 valence electrons. The van der Waals surface area contributed by atoms with E-state index in [4.69, 9.17) is 24.7 Å². The minimum atomic E-state index is -4.31. The highest BCUT2D eigenvalue weighted by Gasteiger charge is 2.43. The van der Waals surface area contributed by atoms with Gasteiger partial charge in [0.15, 0.2) is 5.84 Å². The molecular formula is C29H38N8O6S. The van der Waals surface area contributed by atoms with Crippen molar-refractivity contribution in [1.82, 2.24) is 19.9 Å². The molecule has 15 heteroatoms. The molecule has 3 heterocycles. The molecule has 4 rings (SSSR count). The molecule has 1 fully saturated rings. The standard InChI is InChI=1S/C29H38N8O6S/c1-18-14-32-27(33-15-18)25(36-16-20(17-36)40-4)19(2)44(38,39)35-29(30)37(26-22(41-5)11-9-12-23(26)42-6)28(31-3)21-10-8-13-24(34-21)43-7/h8-15,19-20,25H,16-17H2,1-7H3,(H2,30,35)/t19-,25-/m1/s1. The molecule has 0 bridgehead atoms. The van der Waals surface area contributed by atoms with Crippen molar-refractivity contribution in [2.24, 2.45) is 15.1 Å². The number of aliphatic imine (C=N–C) groups is 1. The van der Waals surface area contributed by atoms with E-state index in [0.717, 1.165) is 5.56 Å². The molecule has 0 spiro atoms. The zero-order valence-electron chi connectivity index (χ0n) is 25.8. The van der Waals surface area contributed by atoms with Crippen LogP contribution in [0.15, 0.2) is 58.2 Å². The number of rotatable bonds is 11. The second-order valence-electron chi connectivity index (χ2n) is 10.0. The topological polar surface area (TPSA) is 167 Å². The molecule has 0 radical (unpaired) electrons. The molecule has 1 saturated heterocycles. The summed E-state index contributed by atoms with van der Waals surface area (Å²) < 4.78 is 54.3. The van der Waals surface area contributed by atoms with Crippen LogP contribution in [0.1, 0.15) is 30.0 Å². The lowest BCUT2D eigenvalue weighted by Gasteiger charge is -2.44. The van der Waals surface area contributed by atoms with Crippen molar-refractivity contribution in [2.75, 3.05) is 53.5 Å². The van der Waals surface area contributed by atoms with E-state index in [0.29, 0.717) is 42.0 Å². The Kier molecular flexibility index (Phi) is 10.3. The Bertz CT molecular complexity index is 1590. The lowest BCUT2D eigenvalue weighted by molar-refractivity contribution is -0.0531. The van der Waals surface area contributed by atoms with Crippen LogP contribution in [0.25, 0.3) is 0 Å². The van der Waals surface area contributed by atoms with Crippen molar-refractivity contribution < 1.29 is 27.4 Å². The van der Waals surface area contributed by atoms with Crippen molar-refractivity contribution in [3.05, 3.63) is 65.9 Å². The molecule has 1 aromatic carbocycles. The zero-order chi connectivity index (χ0) is 32.0. The zero-order valence-corrected chi connectivity index (χ0v) is 26.6. The molecule has 2 atom stereocenters. The van der Waals surface area contributed by atoms with Crippen LogP contribution in [0, 0.1) is 6.92 Å². The minimum absolute atomic E-state index is 0.0291. The average Bonchev–Trinajstić information content (AvgIpc) is 3.00. The van der Waals surface area contributed by atoms with Crippen molar-refractivity contribution >= 4 is 27.5 Å². The molecule has 1 aliphatic heterocycles. The van der Waals surface area contributed by atoms with E-state index in [-0.39, 0.29) is 17.6 Å². The first kappa shape index (κ1) is 32.6. The second kappa shape index (κ2) is 14.0. The van der Waals surface area contributed by atoms with E-state index >= 15 is 0 Å². The highest BCUT2D eigenvalue weighted by molar-refractivity contribution is 7.90. The summed E-state index contributed by atoms with van der Waals surface area (Å²) in [6.07, 6.45) is 3.28. The highest BCUT2D eigenvalue weighted by Crippen LogP contribution is 2.39. The molecule has 0 aliphatic carbocycles. The summed E-state index contributed by atoms with van der Waals surface area (Å²) in [7, 11) is 3.27. The monoisotopic (exact) mass is 626 g/mol. The van der Waals surface area contributed by atoms with Gasteiger partial charge in [-0.25, -0.2) is 23.4 Å². The Labute approximate surface area is 257 Å². The second-order valence-corrected chi connectivity index (χ2v) is 12.0. The third kappa shape index (κ3) is 6.74. The van der Waals surface area contributed by atoms with Crippen LogP contribution >= 0.6 is 0 Å². The van der Waals surface area contributed by atoms with E-state index < -0.39 is 27.3 Å². The van der Waals surface area contributed by atoms with Gasteiger partial charge < -0.3 is 24.7 Å². The average molecular weight is 627 g/mol. The van der Waals surface area contributed by atoms with Crippen LogP contribution in [0.4, 0.5) is 5.69 Å². The van der Waals surface area contributed by atoms with Gasteiger partial charge in [0.1, 0.15) is 34.0 Å². The smallest absolute Gasteiger partial charge is 0.261 e. The van der Waals surface area contributed by atoms with E-state index in [1.807, 2.05) is 11.8 Å². The number of hydrogen-bond donors (Lipinski definition) is 1. The number of aromatic nitrogens is 3. The Balaban J connectivity index is 1.85. The predicted molar refractivity (Wildman–Crippen MR) is 167 cm³/mol. The van der Waals surface area contributed by atoms with Gasteiger partial charge in [-0.15, -0.1) is 4.40 Å². The molecule has 2 N–H and O–H groups in total. The normalized spacial score (nSPS) is 16.2. The molecule has 1 aliphatic rings. The first-order chi connectivity index (χ1) is 21.1. The van der Waals surface area contributed by atoms with Crippen molar-refractivity contribution in [3.63, 3.8) is 0 Å². The molecule has 44 heavy (non-hydrogen) atoms. The van der Waals surface area contributed by atoms with Crippen molar-refractivity contribution in [3.8, 4) is 17.4 Å².